The zero-order valence-electron chi connectivity index (χ0n) is 25.0. The molecule has 0 unspecified atom stereocenters. The Balaban J connectivity index is 1.41. The van der Waals surface area contributed by atoms with Crippen LogP contribution in [0.4, 0.5) is 0 Å². The number of hydrogen-bond donors (Lipinski definition) is 1. The minimum atomic E-state index is -0.0269. The first kappa shape index (κ1) is 30.6. The van der Waals surface area contributed by atoms with Crippen molar-refractivity contribution in [2.75, 3.05) is 47.1 Å². The molecule has 0 aromatic heterocycles. The van der Waals surface area contributed by atoms with Gasteiger partial charge in [0, 0.05) is 57.3 Å². The van der Waals surface area contributed by atoms with Gasteiger partial charge in [-0.1, -0.05) is 48.0 Å². The van der Waals surface area contributed by atoms with Gasteiger partial charge in [-0.3, -0.25) is 4.79 Å². The number of aryl methyl sites for hydroxylation is 1. The number of carbonyl (C=O) groups is 1. The Morgan fingerprint density at radius 2 is 1.73 bits per heavy atom. The zero-order valence-corrected chi connectivity index (χ0v) is 25.0. The third-order valence-corrected chi connectivity index (χ3v) is 7.50. The van der Waals surface area contributed by atoms with Crippen LogP contribution in [0.25, 0.3) is 11.1 Å². The number of nitrogens with zero attached hydrogens (tertiary/aromatic N) is 1. The van der Waals surface area contributed by atoms with E-state index in [9.17, 15) is 4.79 Å². The molecular weight excluding hydrogens is 516 g/mol. The van der Waals surface area contributed by atoms with Crippen molar-refractivity contribution in [2.45, 2.75) is 45.9 Å². The highest BCUT2D eigenvalue weighted by Crippen LogP contribution is 2.30. The van der Waals surface area contributed by atoms with Crippen LogP contribution in [0, 0.1) is 12.8 Å². The van der Waals surface area contributed by atoms with Gasteiger partial charge in [-0.05, 0) is 61.7 Å². The summed E-state index contributed by atoms with van der Waals surface area (Å²) in [6.45, 7) is 10.0. The third-order valence-electron chi connectivity index (χ3n) is 7.50. The molecule has 1 saturated heterocycles. The van der Waals surface area contributed by atoms with Crippen LogP contribution in [0.5, 0.6) is 11.5 Å². The minimum absolute atomic E-state index is 0.0159. The van der Waals surface area contributed by atoms with E-state index in [-0.39, 0.29) is 24.0 Å². The number of carbonyl (C=O) groups excluding carboxylic acids is 1. The van der Waals surface area contributed by atoms with Crippen molar-refractivity contribution in [3.63, 3.8) is 0 Å². The molecule has 0 aliphatic carbocycles. The first-order valence-electron chi connectivity index (χ1n) is 14.5. The van der Waals surface area contributed by atoms with E-state index in [1.165, 1.54) is 16.7 Å². The monoisotopic (exact) mass is 560 g/mol. The summed E-state index contributed by atoms with van der Waals surface area (Å²) in [6, 6.07) is 22.5. The zero-order chi connectivity index (χ0) is 29.2. The average Bonchev–Trinajstić information content (AvgIpc) is 3.43. The van der Waals surface area contributed by atoms with Crippen LogP contribution in [0.2, 0.25) is 0 Å². The van der Waals surface area contributed by atoms with Crippen molar-refractivity contribution in [3.8, 4) is 22.6 Å². The van der Waals surface area contributed by atoms with Crippen molar-refractivity contribution < 1.29 is 23.7 Å². The Bertz CT molecular complexity index is 1280. The number of nitrogens with one attached hydrogen (secondary N) is 1. The topological polar surface area (TPSA) is 69.3 Å². The Hall–Kier alpha value is -3.39. The molecule has 0 saturated carbocycles. The molecule has 0 bridgehead atoms. The summed E-state index contributed by atoms with van der Waals surface area (Å²) >= 11 is 0. The van der Waals surface area contributed by atoms with Gasteiger partial charge in [0.25, 0.3) is 5.91 Å². The quantitative estimate of drug-likeness (QED) is 0.254. The molecule has 1 aliphatic rings. The standard InChI is InChI=1S/C34H44N2O5/c1-24(2)36(34(37)29-13-14-31(39-5)32(19-29)40-16-8-15-38-4)22-30-20-35-21-33(30)41-23-26-10-7-12-28(18-26)27-11-6-9-25(3)17-27/h6-7,9-14,17-19,24,30,33,35H,8,15-16,20-23H2,1-5H3/t30-,33+/m0/s1. The van der Waals surface area contributed by atoms with Crippen molar-refractivity contribution in [3.05, 3.63) is 83.4 Å². The van der Waals surface area contributed by atoms with Crippen LogP contribution in [0.3, 0.4) is 0 Å². The van der Waals surface area contributed by atoms with Gasteiger partial charge in [0.15, 0.2) is 11.5 Å². The molecule has 4 rings (SSSR count). The number of ether oxygens (including phenoxy) is 4. The highest BCUT2D eigenvalue weighted by atomic mass is 16.5. The van der Waals surface area contributed by atoms with Gasteiger partial charge in [-0.25, -0.2) is 0 Å². The summed E-state index contributed by atoms with van der Waals surface area (Å²) in [4.78, 5) is 15.7. The number of hydrogen-bond acceptors (Lipinski definition) is 6. The fourth-order valence-electron chi connectivity index (χ4n) is 5.21. The summed E-state index contributed by atoms with van der Waals surface area (Å²) < 4.78 is 22.9. The molecule has 0 spiro atoms. The predicted octanol–water partition coefficient (Wildman–Crippen LogP) is 5.74. The highest BCUT2D eigenvalue weighted by Gasteiger charge is 2.32. The van der Waals surface area contributed by atoms with Crippen molar-refractivity contribution >= 4 is 5.91 Å². The van der Waals surface area contributed by atoms with Gasteiger partial charge in [-0.15, -0.1) is 0 Å². The molecule has 1 aliphatic heterocycles. The van der Waals surface area contributed by atoms with Crippen LogP contribution in [-0.2, 0) is 16.1 Å². The van der Waals surface area contributed by atoms with Crippen LogP contribution in [0.1, 0.15) is 41.8 Å². The maximum atomic E-state index is 13.7. The van der Waals surface area contributed by atoms with E-state index in [1.54, 1.807) is 32.4 Å². The lowest BCUT2D eigenvalue weighted by atomic mass is 10.0. The third kappa shape index (κ3) is 8.32. The molecule has 3 aromatic rings. The predicted molar refractivity (Wildman–Crippen MR) is 163 cm³/mol. The molecule has 41 heavy (non-hydrogen) atoms. The number of amides is 1. The molecule has 1 fully saturated rings. The summed E-state index contributed by atoms with van der Waals surface area (Å²) in [7, 11) is 3.27. The molecule has 0 radical (unpaired) electrons. The Labute approximate surface area is 244 Å². The molecular formula is C34H44N2O5. The van der Waals surface area contributed by atoms with Gasteiger partial charge in [0.1, 0.15) is 0 Å². The summed E-state index contributed by atoms with van der Waals surface area (Å²) in [5.41, 5.74) is 5.36. The van der Waals surface area contributed by atoms with Gasteiger partial charge >= 0.3 is 0 Å². The lowest BCUT2D eigenvalue weighted by Gasteiger charge is -2.31. The van der Waals surface area contributed by atoms with E-state index in [2.05, 4.69) is 74.6 Å². The van der Waals surface area contributed by atoms with Crippen molar-refractivity contribution in [2.24, 2.45) is 5.92 Å². The molecule has 7 heteroatoms. The first-order valence-corrected chi connectivity index (χ1v) is 14.5. The summed E-state index contributed by atoms with van der Waals surface area (Å²) in [6.07, 6.45) is 0.768. The second kappa shape index (κ2) is 15.0. The van der Waals surface area contributed by atoms with Gasteiger partial charge in [0.2, 0.25) is 0 Å². The number of rotatable bonds is 14. The summed E-state index contributed by atoms with van der Waals surface area (Å²) in [5, 5.41) is 3.47. The van der Waals surface area contributed by atoms with Crippen LogP contribution in [-0.4, -0.2) is 70.0 Å². The number of methoxy groups -OCH3 is 2. The van der Waals surface area contributed by atoms with E-state index >= 15 is 0 Å². The highest BCUT2D eigenvalue weighted by molar-refractivity contribution is 5.95. The van der Waals surface area contributed by atoms with Gasteiger partial charge in [-0.2, -0.15) is 0 Å². The maximum Gasteiger partial charge on any atom is 0.254 e. The van der Waals surface area contributed by atoms with Crippen molar-refractivity contribution in [1.82, 2.24) is 10.2 Å². The summed E-state index contributed by atoms with van der Waals surface area (Å²) in [5.74, 6) is 1.33. The Morgan fingerprint density at radius 1 is 0.951 bits per heavy atom. The molecule has 1 amide bonds. The first-order chi connectivity index (χ1) is 19.9. The van der Waals surface area contributed by atoms with E-state index < -0.39 is 0 Å². The Morgan fingerprint density at radius 3 is 2.46 bits per heavy atom. The van der Waals surface area contributed by atoms with E-state index in [1.807, 2.05) is 4.90 Å². The van der Waals surface area contributed by atoms with Crippen LogP contribution >= 0.6 is 0 Å². The van der Waals surface area contributed by atoms with E-state index in [0.717, 1.165) is 25.1 Å². The van der Waals surface area contributed by atoms with Crippen LogP contribution in [0.15, 0.2) is 66.7 Å². The second-order valence-corrected chi connectivity index (χ2v) is 10.9. The fourth-order valence-corrected chi connectivity index (χ4v) is 5.21. The van der Waals surface area contributed by atoms with Gasteiger partial charge in [0.05, 0.1) is 26.4 Å². The van der Waals surface area contributed by atoms with E-state index in [0.29, 0.717) is 43.4 Å². The van der Waals surface area contributed by atoms with E-state index in [4.69, 9.17) is 18.9 Å². The lowest BCUT2D eigenvalue weighted by Crippen LogP contribution is -2.43. The average molecular weight is 561 g/mol. The fraction of sp³-hybridized carbons (Fsp3) is 0.441. The lowest BCUT2D eigenvalue weighted by molar-refractivity contribution is 0.0129. The SMILES string of the molecule is COCCCOc1cc(C(=O)N(C[C@@H]2CNC[C@H]2OCc2cccc(-c3cccc(C)c3)c2)C(C)C)ccc1OC. The number of benzene rings is 3. The Kier molecular flexibility index (Phi) is 11.2. The normalized spacial score (nSPS) is 16.6. The second-order valence-electron chi connectivity index (χ2n) is 10.9. The molecule has 3 aromatic carbocycles. The maximum absolute atomic E-state index is 13.7. The largest absolute Gasteiger partial charge is 0.493 e. The van der Waals surface area contributed by atoms with Crippen LogP contribution < -0.4 is 14.8 Å². The molecule has 1 N–H and O–H groups in total. The molecule has 1 heterocycles. The van der Waals surface area contributed by atoms with Crippen molar-refractivity contribution in [1.29, 1.82) is 0 Å². The minimum Gasteiger partial charge on any atom is -0.493 e. The smallest absolute Gasteiger partial charge is 0.254 e. The molecule has 7 nitrogen and oxygen atoms in total. The molecule has 2 atom stereocenters. The molecule has 220 valence electrons. The van der Waals surface area contributed by atoms with Gasteiger partial charge < -0.3 is 29.2 Å².